The second-order valence-electron chi connectivity index (χ2n) is 5.82. The average Bonchev–Trinajstić information content (AvgIpc) is 2.90. The number of furan rings is 1. The Balaban J connectivity index is 1.93. The van der Waals surface area contributed by atoms with Crippen LogP contribution in [-0.4, -0.2) is 48.0 Å². The summed E-state index contributed by atoms with van der Waals surface area (Å²) in [6, 6.07) is 3.50. The quantitative estimate of drug-likeness (QED) is 0.594. The summed E-state index contributed by atoms with van der Waals surface area (Å²) in [6.07, 6.45) is 0. The number of alkyl halides is 1. The molecule has 1 unspecified atom stereocenters. The van der Waals surface area contributed by atoms with Gasteiger partial charge in [-0.1, -0.05) is 0 Å². The summed E-state index contributed by atoms with van der Waals surface area (Å²) in [5, 5.41) is 21.6. The maximum Gasteiger partial charge on any atom is 0.186 e. The second-order valence-corrected chi connectivity index (χ2v) is 7.61. The number of aliphatic hydroxyl groups is 1. The third-order valence-corrected chi connectivity index (χ3v) is 5.13. The highest BCUT2D eigenvalue weighted by Crippen LogP contribution is 2.38. The van der Waals surface area contributed by atoms with Crippen molar-refractivity contribution >= 4 is 33.6 Å². The predicted molar refractivity (Wildman–Crippen MR) is 92.5 cm³/mol. The van der Waals surface area contributed by atoms with Gasteiger partial charge in [-0.15, -0.1) is 0 Å². The Hall–Kier alpha value is -0.830. The first kappa shape index (κ1) is 16.0. The number of aromatic hydroxyl groups is 1. The van der Waals surface area contributed by atoms with E-state index in [0.717, 1.165) is 35.2 Å². The maximum absolute atomic E-state index is 10.8. The van der Waals surface area contributed by atoms with Crippen LogP contribution in [0.2, 0.25) is 0 Å². The molecule has 1 aromatic carbocycles. The van der Waals surface area contributed by atoms with E-state index in [9.17, 15) is 10.2 Å². The van der Waals surface area contributed by atoms with E-state index in [0.29, 0.717) is 25.5 Å². The van der Waals surface area contributed by atoms with Gasteiger partial charge in [0.2, 0.25) is 0 Å². The summed E-state index contributed by atoms with van der Waals surface area (Å²) in [4.78, 5) is 2.17. The van der Waals surface area contributed by atoms with Crippen molar-refractivity contribution in [2.45, 2.75) is 17.5 Å². The molecule has 2 N–H and O–H groups in total. The van der Waals surface area contributed by atoms with Crippen LogP contribution in [0.3, 0.4) is 0 Å². The molecule has 6 heteroatoms. The molecule has 5 nitrogen and oxygen atoms in total. The lowest BCUT2D eigenvalue weighted by molar-refractivity contribution is 0.00487. The molecule has 22 heavy (non-hydrogen) atoms. The molecule has 0 aliphatic carbocycles. The molecule has 0 bridgehead atoms. The Labute approximate surface area is 143 Å². The molecule has 120 valence electrons. The highest BCUT2D eigenvalue weighted by molar-refractivity contribution is 14.1. The third-order valence-electron chi connectivity index (χ3n) is 4.25. The molecule has 1 aromatic heterocycles. The fourth-order valence-corrected chi connectivity index (χ4v) is 3.49. The number of fused-ring (bicyclic) bond motifs is 1. The van der Waals surface area contributed by atoms with Gasteiger partial charge in [0.05, 0.1) is 13.2 Å². The van der Waals surface area contributed by atoms with E-state index >= 15 is 0 Å². The first-order valence-corrected chi connectivity index (χ1v) is 8.41. The van der Waals surface area contributed by atoms with Crippen molar-refractivity contribution in [1.29, 1.82) is 0 Å². The Kier molecular flexibility index (Phi) is 4.37. The van der Waals surface area contributed by atoms with Crippen molar-refractivity contribution in [1.82, 2.24) is 4.90 Å². The van der Waals surface area contributed by atoms with Crippen LogP contribution in [0.15, 0.2) is 16.5 Å². The van der Waals surface area contributed by atoms with Gasteiger partial charge in [-0.3, -0.25) is 4.90 Å². The molecular weight excluding hydrogens is 397 g/mol. The minimum atomic E-state index is -1.11. The van der Waals surface area contributed by atoms with E-state index in [4.69, 9.17) is 9.15 Å². The zero-order chi connectivity index (χ0) is 15.9. The topological polar surface area (TPSA) is 66.1 Å². The van der Waals surface area contributed by atoms with Crippen molar-refractivity contribution in [3.8, 4) is 5.75 Å². The summed E-state index contributed by atoms with van der Waals surface area (Å²) < 4.78 is 10.1. The van der Waals surface area contributed by atoms with Crippen LogP contribution in [0.5, 0.6) is 5.75 Å². The Morgan fingerprint density at radius 3 is 2.59 bits per heavy atom. The average molecular weight is 417 g/mol. The van der Waals surface area contributed by atoms with Crippen LogP contribution >= 0.6 is 22.6 Å². The zero-order valence-corrected chi connectivity index (χ0v) is 14.9. The number of ether oxygens (including phenoxy) is 1. The molecule has 3 rings (SSSR count). The van der Waals surface area contributed by atoms with Gasteiger partial charge < -0.3 is 19.4 Å². The number of rotatable bonds is 3. The van der Waals surface area contributed by atoms with Gasteiger partial charge in [-0.2, -0.15) is 0 Å². The minimum Gasteiger partial charge on any atom is -0.508 e. The van der Waals surface area contributed by atoms with E-state index in [-0.39, 0.29) is 5.75 Å². The highest BCUT2D eigenvalue weighted by atomic mass is 127. The van der Waals surface area contributed by atoms with Crippen LogP contribution in [0, 0.1) is 13.8 Å². The van der Waals surface area contributed by atoms with Crippen molar-refractivity contribution in [3.05, 3.63) is 29.0 Å². The molecule has 0 saturated carbocycles. The molecule has 2 heterocycles. The summed E-state index contributed by atoms with van der Waals surface area (Å²) in [6.45, 7) is 7.27. The van der Waals surface area contributed by atoms with Gasteiger partial charge in [-0.05, 0) is 59.7 Å². The summed E-state index contributed by atoms with van der Waals surface area (Å²) in [5.41, 5.74) is 2.43. The van der Waals surface area contributed by atoms with Gasteiger partial charge in [0.25, 0.3) is 0 Å². The fraction of sp³-hybridized carbons (Fsp3) is 0.500. The lowest BCUT2D eigenvalue weighted by Crippen LogP contribution is -2.43. The third kappa shape index (κ3) is 2.97. The van der Waals surface area contributed by atoms with E-state index in [1.165, 1.54) is 0 Å². The summed E-state index contributed by atoms with van der Waals surface area (Å²) in [5.74, 6) is 0.769. The number of halogens is 1. The number of benzene rings is 1. The number of morpholine rings is 1. The second kappa shape index (κ2) is 5.99. The number of nitrogens with zero attached hydrogens (tertiary/aromatic N) is 1. The molecule has 1 saturated heterocycles. The van der Waals surface area contributed by atoms with Gasteiger partial charge >= 0.3 is 0 Å². The van der Waals surface area contributed by atoms with E-state index in [1.54, 1.807) is 6.07 Å². The minimum absolute atomic E-state index is 0.252. The molecule has 0 amide bonds. The number of hydrogen-bond acceptors (Lipinski definition) is 5. The molecule has 0 spiro atoms. The molecule has 1 fully saturated rings. The lowest BCUT2D eigenvalue weighted by Gasteiger charge is -2.31. The van der Waals surface area contributed by atoms with Crippen molar-refractivity contribution < 1.29 is 19.4 Å². The molecule has 2 aromatic rings. The molecule has 1 aliphatic rings. The van der Waals surface area contributed by atoms with Crippen LogP contribution in [0.4, 0.5) is 0 Å². The van der Waals surface area contributed by atoms with E-state index in [1.807, 2.05) is 42.5 Å². The normalized spacial score (nSPS) is 19.5. The number of phenols is 1. The van der Waals surface area contributed by atoms with Crippen LogP contribution in [0.25, 0.3) is 11.0 Å². The van der Waals surface area contributed by atoms with Gasteiger partial charge in [-0.25, -0.2) is 0 Å². The van der Waals surface area contributed by atoms with Gasteiger partial charge in [0.15, 0.2) is 3.61 Å². The summed E-state index contributed by atoms with van der Waals surface area (Å²) >= 11 is 2.02. The van der Waals surface area contributed by atoms with Gasteiger partial charge in [0, 0.05) is 25.0 Å². The van der Waals surface area contributed by atoms with Crippen molar-refractivity contribution in [3.63, 3.8) is 0 Å². The zero-order valence-electron chi connectivity index (χ0n) is 12.7. The number of phenolic OH excluding ortho intramolecular Hbond substituents is 1. The first-order valence-electron chi connectivity index (χ1n) is 7.33. The van der Waals surface area contributed by atoms with Crippen molar-refractivity contribution in [2.24, 2.45) is 0 Å². The van der Waals surface area contributed by atoms with E-state index < -0.39 is 3.61 Å². The number of β-amino-alcohol motifs (C(OH)–C–C–N with tert-alkyl or cyclic N) is 1. The largest absolute Gasteiger partial charge is 0.508 e. The fourth-order valence-electron chi connectivity index (χ4n) is 2.75. The molecule has 1 aliphatic heterocycles. The first-order chi connectivity index (χ1) is 10.4. The number of aryl methyl sites for hydroxylation is 1. The SMILES string of the molecule is Cc1c(O)cc2cc(C(O)(I)CN3CCOCC3)oc2c1C. The lowest BCUT2D eigenvalue weighted by atomic mass is 10.1. The number of hydrogen-bond donors (Lipinski definition) is 2. The Bertz CT molecular complexity index is 689. The monoisotopic (exact) mass is 417 g/mol. The molecule has 0 radical (unpaired) electrons. The maximum atomic E-state index is 10.8. The van der Waals surface area contributed by atoms with E-state index in [2.05, 4.69) is 4.90 Å². The Morgan fingerprint density at radius 2 is 1.91 bits per heavy atom. The molecule has 1 atom stereocenters. The van der Waals surface area contributed by atoms with Crippen LogP contribution < -0.4 is 0 Å². The van der Waals surface area contributed by atoms with Crippen LogP contribution in [0.1, 0.15) is 16.9 Å². The Morgan fingerprint density at radius 1 is 1.23 bits per heavy atom. The molecular formula is C16H20INO4. The standard InChI is InChI=1S/C16H20INO4/c1-10-11(2)15-12(7-13(10)19)8-14(22-15)16(17,20)9-18-3-5-21-6-4-18/h7-8,19-20H,3-6,9H2,1-2H3. The summed E-state index contributed by atoms with van der Waals surface area (Å²) in [7, 11) is 0. The van der Waals surface area contributed by atoms with Crippen molar-refractivity contribution in [2.75, 3.05) is 32.8 Å². The predicted octanol–water partition coefficient (Wildman–Crippen LogP) is 2.67. The smallest absolute Gasteiger partial charge is 0.186 e. The highest BCUT2D eigenvalue weighted by Gasteiger charge is 2.33. The van der Waals surface area contributed by atoms with Crippen LogP contribution in [-0.2, 0) is 8.34 Å². The van der Waals surface area contributed by atoms with Gasteiger partial charge in [0.1, 0.15) is 17.1 Å².